The normalized spacial score (nSPS) is 10.3. The van der Waals surface area contributed by atoms with Gasteiger partial charge in [0.2, 0.25) is 5.91 Å². The first-order valence-corrected chi connectivity index (χ1v) is 6.13. The van der Waals surface area contributed by atoms with Crippen LogP contribution in [-0.2, 0) is 11.3 Å². The number of halogens is 1. The second kappa shape index (κ2) is 6.61. The zero-order chi connectivity index (χ0) is 11.1. The third-order valence-electron chi connectivity index (χ3n) is 2.17. The smallest absolute Gasteiger partial charge is 0.222 e. The zero-order valence-electron chi connectivity index (χ0n) is 8.87. The van der Waals surface area contributed by atoms with Gasteiger partial charge in [0, 0.05) is 37.1 Å². The number of nitrogens with zero attached hydrogens (tertiary/aromatic N) is 2. The fourth-order valence-electron chi connectivity index (χ4n) is 1.29. The molecule has 15 heavy (non-hydrogen) atoms. The van der Waals surface area contributed by atoms with Crippen LogP contribution in [-0.4, -0.2) is 33.4 Å². The van der Waals surface area contributed by atoms with Crippen LogP contribution >= 0.6 is 15.9 Å². The quantitative estimate of drug-likeness (QED) is 0.636. The molecular weight excluding hydrogens is 258 g/mol. The Hall–Kier alpha value is -0.840. The predicted octanol–water partition coefficient (Wildman–Crippen LogP) is 1.93. The molecule has 1 heterocycles. The molecule has 0 aliphatic carbocycles. The van der Waals surface area contributed by atoms with Crippen molar-refractivity contribution in [3.8, 4) is 0 Å². The summed E-state index contributed by atoms with van der Waals surface area (Å²) in [5.41, 5.74) is 1.03. The highest BCUT2D eigenvalue weighted by Gasteiger charge is 2.08. The highest BCUT2D eigenvalue weighted by molar-refractivity contribution is 9.09. The van der Waals surface area contributed by atoms with Crippen molar-refractivity contribution in [3.05, 3.63) is 18.0 Å². The average molecular weight is 274 g/mol. The topological polar surface area (TPSA) is 49.0 Å². The maximum atomic E-state index is 11.6. The van der Waals surface area contributed by atoms with Crippen LogP contribution in [0.3, 0.4) is 0 Å². The van der Waals surface area contributed by atoms with Crippen molar-refractivity contribution >= 4 is 21.8 Å². The molecule has 0 bridgehead atoms. The summed E-state index contributed by atoms with van der Waals surface area (Å²) in [5, 5.41) is 7.54. The number of nitrogens with one attached hydrogen (secondary N) is 1. The van der Waals surface area contributed by atoms with Gasteiger partial charge in [-0.2, -0.15) is 5.10 Å². The van der Waals surface area contributed by atoms with Crippen molar-refractivity contribution in [1.29, 1.82) is 0 Å². The van der Waals surface area contributed by atoms with Gasteiger partial charge in [0.25, 0.3) is 0 Å². The van der Waals surface area contributed by atoms with E-state index in [1.807, 2.05) is 13.2 Å². The monoisotopic (exact) mass is 273 g/mol. The number of amides is 1. The van der Waals surface area contributed by atoms with Crippen molar-refractivity contribution in [1.82, 2.24) is 15.1 Å². The maximum absolute atomic E-state index is 11.6. The number of hydrogen-bond acceptors (Lipinski definition) is 2. The summed E-state index contributed by atoms with van der Waals surface area (Å²) < 4.78 is 0. The Morgan fingerprint density at radius 2 is 2.40 bits per heavy atom. The summed E-state index contributed by atoms with van der Waals surface area (Å²) >= 11 is 3.35. The van der Waals surface area contributed by atoms with Gasteiger partial charge >= 0.3 is 0 Å². The Morgan fingerprint density at radius 1 is 1.60 bits per heavy atom. The Bertz CT molecular complexity index is 287. The van der Waals surface area contributed by atoms with Gasteiger partial charge in [-0.3, -0.25) is 9.89 Å². The van der Waals surface area contributed by atoms with Crippen LogP contribution in [0.25, 0.3) is 0 Å². The highest BCUT2D eigenvalue weighted by Crippen LogP contribution is 2.05. The van der Waals surface area contributed by atoms with E-state index in [1.54, 1.807) is 11.1 Å². The van der Waals surface area contributed by atoms with Gasteiger partial charge < -0.3 is 4.90 Å². The molecule has 1 aromatic heterocycles. The molecule has 1 rings (SSSR count). The van der Waals surface area contributed by atoms with Crippen LogP contribution in [0.15, 0.2) is 12.4 Å². The zero-order valence-corrected chi connectivity index (χ0v) is 10.5. The second-order valence-electron chi connectivity index (χ2n) is 3.50. The molecule has 1 amide bonds. The van der Waals surface area contributed by atoms with Gasteiger partial charge in [0.05, 0.1) is 6.20 Å². The van der Waals surface area contributed by atoms with Crippen LogP contribution in [0.4, 0.5) is 0 Å². The Morgan fingerprint density at radius 3 is 3.00 bits per heavy atom. The lowest BCUT2D eigenvalue weighted by Crippen LogP contribution is -2.25. The molecule has 0 atom stereocenters. The third-order valence-corrected chi connectivity index (χ3v) is 2.74. The molecule has 0 aliphatic heterocycles. The largest absolute Gasteiger partial charge is 0.341 e. The maximum Gasteiger partial charge on any atom is 0.222 e. The van der Waals surface area contributed by atoms with E-state index in [0.717, 1.165) is 23.7 Å². The molecule has 0 unspecified atom stereocenters. The van der Waals surface area contributed by atoms with Crippen molar-refractivity contribution < 1.29 is 4.79 Å². The highest BCUT2D eigenvalue weighted by atomic mass is 79.9. The van der Waals surface area contributed by atoms with Crippen molar-refractivity contribution in [3.63, 3.8) is 0 Å². The summed E-state index contributed by atoms with van der Waals surface area (Å²) in [5.74, 6) is 0.192. The van der Waals surface area contributed by atoms with Crippen molar-refractivity contribution in [2.45, 2.75) is 25.8 Å². The van der Waals surface area contributed by atoms with Gasteiger partial charge in [-0.1, -0.05) is 15.9 Å². The van der Waals surface area contributed by atoms with E-state index in [2.05, 4.69) is 26.1 Å². The van der Waals surface area contributed by atoms with Gasteiger partial charge in [-0.25, -0.2) is 0 Å². The van der Waals surface area contributed by atoms with Crippen molar-refractivity contribution in [2.24, 2.45) is 0 Å². The number of alkyl halides is 1. The number of aromatic nitrogens is 2. The summed E-state index contributed by atoms with van der Waals surface area (Å²) in [4.78, 5) is 13.4. The summed E-state index contributed by atoms with van der Waals surface area (Å²) in [6, 6.07) is 0. The van der Waals surface area contributed by atoms with Gasteiger partial charge in [-0.15, -0.1) is 0 Å². The van der Waals surface area contributed by atoms with Gasteiger partial charge in [-0.05, 0) is 12.8 Å². The van der Waals surface area contributed by atoms with E-state index in [4.69, 9.17) is 0 Å². The third kappa shape index (κ3) is 4.46. The lowest BCUT2D eigenvalue weighted by atomic mass is 10.2. The lowest BCUT2D eigenvalue weighted by molar-refractivity contribution is -0.130. The molecule has 0 aromatic carbocycles. The van der Waals surface area contributed by atoms with E-state index in [-0.39, 0.29) is 5.91 Å². The minimum Gasteiger partial charge on any atom is -0.341 e. The van der Waals surface area contributed by atoms with Gasteiger partial charge in [0.1, 0.15) is 0 Å². The van der Waals surface area contributed by atoms with Crippen LogP contribution in [0.5, 0.6) is 0 Å². The van der Waals surface area contributed by atoms with Crippen molar-refractivity contribution in [2.75, 3.05) is 12.4 Å². The molecular formula is C10H16BrN3O. The first-order valence-electron chi connectivity index (χ1n) is 5.01. The van der Waals surface area contributed by atoms with E-state index in [1.165, 1.54) is 0 Å². The number of carbonyl (C=O) groups excluding carboxylic acids is 1. The number of hydrogen-bond donors (Lipinski definition) is 1. The number of rotatable bonds is 6. The Kier molecular flexibility index (Phi) is 5.39. The number of aromatic amines is 1. The number of unbranched alkanes of at least 4 members (excludes halogenated alkanes) is 1. The molecule has 0 radical (unpaired) electrons. The van der Waals surface area contributed by atoms with E-state index in [9.17, 15) is 4.79 Å². The summed E-state index contributed by atoms with van der Waals surface area (Å²) in [6.07, 6.45) is 6.16. The van der Waals surface area contributed by atoms with Crippen LogP contribution in [0.1, 0.15) is 24.8 Å². The van der Waals surface area contributed by atoms with Crippen LogP contribution < -0.4 is 0 Å². The summed E-state index contributed by atoms with van der Waals surface area (Å²) in [6.45, 7) is 0.629. The fraction of sp³-hybridized carbons (Fsp3) is 0.600. The Balaban J connectivity index is 2.27. The second-order valence-corrected chi connectivity index (χ2v) is 4.30. The molecule has 0 saturated carbocycles. The van der Waals surface area contributed by atoms with E-state index in [0.29, 0.717) is 13.0 Å². The number of H-pyrrole nitrogens is 1. The van der Waals surface area contributed by atoms with Crippen LogP contribution in [0.2, 0.25) is 0 Å². The SMILES string of the molecule is CN(Cc1cn[nH]c1)C(=O)CCCCBr. The first kappa shape index (κ1) is 12.2. The molecule has 0 fully saturated rings. The molecule has 1 N–H and O–H groups in total. The number of carbonyl (C=O) groups is 1. The average Bonchev–Trinajstić information content (AvgIpc) is 2.70. The first-order chi connectivity index (χ1) is 7.24. The predicted molar refractivity (Wildman–Crippen MR) is 62.7 cm³/mol. The molecule has 4 nitrogen and oxygen atoms in total. The molecule has 1 aromatic rings. The lowest BCUT2D eigenvalue weighted by Gasteiger charge is -2.15. The molecule has 5 heteroatoms. The molecule has 0 aliphatic rings. The molecule has 84 valence electrons. The summed E-state index contributed by atoms with van der Waals surface area (Å²) in [7, 11) is 1.82. The standard InChI is InChI=1S/C10H16BrN3O/c1-14(8-9-6-12-13-7-9)10(15)4-2-3-5-11/h6-7H,2-5,8H2,1H3,(H,12,13). The van der Waals surface area contributed by atoms with E-state index >= 15 is 0 Å². The minimum atomic E-state index is 0.192. The Labute approximate surface area is 98.2 Å². The fourth-order valence-corrected chi connectivity index (χ4v) is 1.68. The van der Waals surface area contributed by atoms with Gasteiger partial charge in [0.15, 0.2) is 0 Å². The van der Waals surface area contributed by atoms with Crippen LogP contribution in [0, 0.1) is 0 Å². The molecule has 0 spiro atoms. The minimum absolute atomic E-state index is 0.192. The van der Waals surface area contributed by atoms with E-state index < -0.39 is 0 Å². The molecule has 0 saturated heterocycles.